The van der Waals surface area contributed by atoms with E-state index >= 15 is 0 Å². The smallest absolute Gasteiger partial charge is 0.285 e. The van der Waals surface area contributed by atoms with Crippen molar-refractivity contribution >= 4 is 29.4 Å². The lowest BCUT2D eigenvalue weighted by atomic mass is 10.1. The van der Waals surface area contributed by atoms with Crippen molar-refractivity contribution in [2.45, 2.75) is 25.7 Å². The van der Waals surface area contributed by atoms with E-state index in [1.165, 1.54) is 14.1 Å². The summed E-state index contributed by atoms with van der Waals surface area (Å²) in [6, 6.07) is -0.533. The van der Waals surface area contributed by atoms with E-state index in [2.05, 4.69) is 4.99 Å². The average Bonchev–Trinajstić information content (AvgIpc) is 2.93. The molecule has 1 saturated carbocycles. The zero-order chi connectivity index (χ0) is 14.2. The van der Waals surface area contributed by atoms with Gasteiger partial charge in [0.1, 0.15) is 0 Å². The number of carbonyl (C=O) groups excluding carboxylic acids is 3. The fourth-order valence-electron chi connectivity index (χ4n) is 2.32. The lowest BCUT2D eigenvalue weighted by Gasteiger charge is -2.24. The molecule has 1 aliphatic heterocycles. The van der Waals surface area contributed by atoms with Gasteiger partial charge in [-0.05, 0) is 12.8 Å². The molecule has 102 valence electrons. The highest BCUT2D eigenvalue weighted by Crippen LogP contribution is 2.26. The molecule has 2 fully saturated rings. The lowest BCUT2D eigenvalue weighted by Crippen LogP contribution is -2.66. The quantitative estimate of drug-likeness (QED) is 0.646. The van der Waals surface area contributed by atoms with Gasteiger partial charge in [0.15, 0.2) is 0 Å². The number of aliphatic imine (C=N–C) groups is 1. The van der Waals surface area contributed by atoms with Gasteiger partial charge in [0.2, 0.25) is 11.6 Å². The van der Waals surface area contributed by atoms with Crippen LogP contribution in [0.25, 0.3) is 0 Å². The molecule has 7 nitrogen and oxygen atoms in total. The topological polar surface area (TPSA) is 95.6 Å². The maximum absolute atomic E-state index is 12.0. The second-order valence-corrected chi connectivity index (χ2v) is 4.87. The van der Waals surface area contributed by atoms with Crippen molar-refractivity contribution in [2.24, 2.45) is 10.9 Å². The highest BCUT2D eigenvalue weighted by atomic mass is 16.2. The molecule has 0 bridgehead atoms. The van der Waals surface area contributed by atoms with Gasteiger partial charge >= 0.3 is 11.9 Å². The third-order valence-electron chi connectivity index (χ3n) is 3.61. The maximum Gasteiger partial charge on any atom is 0.418 e. The maximum atomic E-state index is 12.0. The fraction of sp³-hybridized carbons (Fsp3) is 0.583. The standard InChI is InChI=1S/C12H16N4O3/c1-15-9(13)8(11(18)16(2)12(15)19)14-10(17)7-5-3-4-6-7/h7,13H,3-6H2,1-2H3/p+1. The molecule has 0 spiro atoms. The SMILES string of the molecule is CN1C(=[NH2+])C(=NC(=O)C2CCCC2)C(=O)N(C)C1=O. The molecule has 0 radical (unpaired) electrons. The van der Waals surface area contributed by atoms with Crippen LogP contribution in [0.15, 0.2) is 4.99 Å². The first-order chi connectivity index (χ1) is 8.93. The van der Waals surface area contributed by atoms with Crippen LogP contribution in [0.5, 0.6) is 0 Å². The number of urea groups is 1. The van der Waals surface area contributed by atoms with Gasteiger partial charge < -0.3 is 0 Å². The number of hydrogen-bond donors (Lipinski definition) is 1. The third-order valence-corrected chi connectivity index (χ3v) is 3.61. The first-order valence-corrected chi connectivity index (χ1v) is 6.24. The third kappa shape index (κ3) is 2.27. The Morgan fingerprint density at radius 3 is 2.37 bits per heavy atom. The first kappa shape index (κ1) is 13.4. The summed E-state index contributed by atoms with van der Waals surface area (Å²) < 4.78 is 0. The van der Waals surface area contributed by atoms with E-state index in [1.807, 2.05) is 0 Å². The van der Waals surface area contributed by atoms with E-state index in [0.29, 0.717) is 0 Å². The Kier molecular flexibility index (Phi) is 3.46. The number of hydrogen-bond acceptors (Lipinski definition) is 3. The average molecular weight is 265 g/mol. The van der Waals surface area contributed by atoms with E-state index in [1.54, 1.807) is 0 Å². The van der Waals surface area contributed by atoms with Gasteiger partial charge in [0, 0.05) is 13.0 Å². The second kappa shape index (κ2) is 4.91. The van der Waals surface area contributed by atoms with Gasteiger partial charge in [-0.15, -0.1) is 0 Å². The van der Waals surface area contributed by atoms with Crippen molar-refractivity contribution in [3.05, 3.63) is 0 Å². The molecule has 4 amide bonds. The number of carbonyl (C=O) groups is 3. The van der Waals surface area contributed by atoms with Crippen LogP contribution in [0.3, 0.4) is 0 Å². The zero-order valence-electron chi connectivity index (χ0n) is 11.0. The number of amidine groups is 1. The van der Waals surface area contributed by atoms with E-state index in [-0.39, 0.29) is 23.4 Å². The van der Waals surface area contributed by atoms with Gasteiger partial charge in [0.25, 0.3) is 5.91 Å². The van der Waals surface area contributed by atoms with E-state index in [0.717, 1.165) is 35.5 Å². The molecule has 1 aliphatic carbocycles. The monoisotopic (exact) mass is 265 g/mol. The van der Waals surface area contributed by atoms with Crippen molar-refractivity contribution in [3.8, 4) is 0 Å². The Morgan fingerprint density at radius 2 is 1.79 bits per heavy atom. The van der Waals surface area contributed by atoms with Crippen LogP contribution in [-0.4, -0.2) is 53.3 Å². The van der Waals surface area contributed by atoms with Crippen LogP contribution in [-0.2, 0) is 9.59 Å². The number of rotatable bonds is 1. The molecular weight excluding hydrogens is 248 g/mol. The Bertz CT molecular complexity index is 465. The second-order valence-electron chi connectivity index (χ2n) is 4.87. The minimum atomic E-state index is -0.632. The molecule has 0 aromatic rings. The molecule has 0 atom stereocenters. The summed E-state index contributed by atoms with van der Waals surface area (Å²) in [5, 5.41) is 5.70. The predicted molar refractivity (Wildman–Crippen MR) is 67.3 cm³/mol. The van der Waals surface area contributed by atoms with Gasteiger partial charge in [-0.1, -0.05) is 12.8 Å². The Balaban J connectivity index is 2.26. The normalized spacial score (nSPS) is 23.7. The molecule has 7 heteroatoms. The summed E-state index contributed by atoms with van der Waals surface area (Å²) in [7, 11) is 2.78. The number of nitrogens with zero attached hydrogens (tertiary/aromatic N) is 3. The van der Waals surface area contributed by atoms with Crippen molar-refractivity contribution < 1.29 is 19.8 Å². The molecule has 19 heavy (non-hydrogen) atoms. The highest BCUT2D eigenvalue weighted by molar-refractivity contribution is 6.69. The molecule has 2 N–H and O–H groups in total. The van der Waals surface area contributed by atoms with Crippen LogP contribution in [0.2, 0.25) is 0 Å². The van der Waals surface area contributed by atoms with Crippen LogP contribution in [0.4, 0.5) is 4.79 Å². The zero-order valence-corrected chi connectivity index (χ0v) is 11.0. The van der Waals surface area contributed by atoms with Crippen molar-refractivity contribution in [1.82, 2.24) is 9.80 Å². The van der Waals surface area contributed by atoms with Gasteiger partial charge in [0.05, 0.1) is 7.05 Å². The van der Waals surface area contributed by atoms with Gasteiger partial charge in [-0.2, -0.15) is 9.89 Å². The summed E-state index contributed by atoms with van der Waals surface area (Å²) in [6.07, 6.45) is 3.61. The number of imide groups is 1. The van der Waals surface area contributed by atoms with Crippen LogP contribution >= 0.6 is 0 Å². The van der Waals surface area contributed by atoms with E-state index in [4.69, 9.17) is 5.41 Å². The minimum absolute atomic E-state index is 0.0700. The predicted octanol–water partition coefficient (Wildman–Crippen LogP) is -1.17. The summed E-state index contributed by atoms with van der Waals surface area (Å²) in [5.74, 6) is -1.15. The molecule has 1 saturated heterocycles. The van der Waals surface area contributed by atoms with E-state index < -0.39 is 11.9 Å². The molecule has 1 heterocycles. The summed E-state index contributed by atoms with van der Waals surface area (Å²) in [5.41, 5.74) is -0.137. The Morgan fingerprint density at radius 1 is 1.21 bits per heavy atom. The van der Waals surface area contributed by atoms with Crippen LogP contribution < -0.4 is 5.41 Å². The van der Waals surface area contributed by atoms with Crippen molar-refractivity contribution in [2.75, 3.05) is 14.1 Å². The highest BCUT2D eigenvalue weighted by Gasteiger charge is 2.43. The Labute approximate surface area is 110 Å². The largest absolute Gasteiger partial charge is 0.418 e. The molecular formula is C12H17N4O3+. The Hall–Kier alpha value is -2.05. The van der Waals surface area contributed by atoms with E-state index in [9.17, 15) is 14.4 Å². The van der Waals surface area contributed by atoms with Crippen LogP contribution in [0.1, 0.15) is 25.7 Å². The van der Waals surface area contributed by atoms with Crippen molar-refractivity contribution in [1.29, 1.82) is 0 Å². The molecule has 0 unspecified atom stereocenters. The summed E-state index contributed by atoms with van der Waals surface area (Å²) in [6.45, 7) is 0. The van der Waals surface area contributed by atoms with Crippen molar-refractivity contribution in [3.63, 3.8) is 0 Å². The molecule has 0 aromatic heterocycles. The van der Waals surface area contributed by atoms with Gasteiger partial charge in [-0.25, -0.2) is 9.69 Å². The first-order valence-electron chi connectivity index (χ1n) is 6.24. The summed E-state index contributed by atoms with van der Waals surface area (Å²) in [4.78, 5) is 41.4. The molecule has 2 rings (SSSR count). The molecule has 2 aliphatic rings. The fourth-order valence-corrected chi connectivity index (χ4v) is 2.32. The van der Waals surface area contributed by atoms with Gasteiger partial charge in [-0.3, -0.25) is 15.0 Å². The summed E-state index contributed by atoms with van der Waals surface area (Å²) >= 11 is 0. The number of amides is 4. The number of nitrogens with two attached hydrogens (primary N) is 1. The van der Waals surface area contributed by atoms with Crippen LogP contribution in [0, 0.1) is 5.92 Å². The minimum Gasteiger partial charge on any atom is -0.285 e. The lowest BCUT2D eigenvalue weighted by molar-refractivity contribution is -0.130. The molecule has 0 aromatic carbocycles.